The maximum Gasteiger partial charge on any atom is 0.0469 e. The molecule has 54 valence electrons. The molecule has 0 saturated heterocycles. The van der Waals surface area contributed by atoms with Gasteiger partial charge in [0, 0.05) is 11.9 Å². The van der Waals surface area contributed by atoms with Crippen LogP contribution in [0.15, 0.2) is 0 Å². The SMILES string of the molecule is OCC(CBr)C1CCC1. The van der Waals surface area contributed by atoms with Crippen molar-refractivity contribution in [1.82, 2.24) is 0 Å². The van der Waals surface area contributed by atoms with Crippen LogP contribution in [0.4, 0.5) is 0 Å². The molecule has 0 aromatic heterocycles. The molecule has 0 radical (unpaired) electrons. The van der Waals surface area contributed by atoms with E-state index in [9.17, 15) is 0 Å². The standard InChI is InChI=1S/C7H13BrO/c8-4-7(5-9)6-2-1-3-6/h6-7,9H,1-5H2. The largest absolute Gasteiger partial charge is 0.396 e. The molecule has 0 aromatic carbocycles. The molecule has 1 atom stereocenters. The first-order valence-electron chi connectivity index (χ1n) is 3.55. The van der Waals surface area contributed by atoms with Crippen LogP contribution in [0.5, 0.6) is 0 Å². The topological polar surface area (TPSA) is 20.2 Å². The molecular formula is C7H13BrO. The first kappa shape index (κ1) is 7.55. The third-order valence-corrected chi connectivity index (χ3v) is 3.08. The lowest BCUT2D eigenvalue weighted by molar-refractivity contribution is 0.141. The van der Waals surface area contributed by atoms with Crippen LogP contribution in [0.1, 0.15) is 19.3 Å². The normalized spacial score (nSPS) is 23.3. The van der Waals surface area contributed by atoms with Gasteiger partial charge in [-0.1, -0.05) is 35.2 Å². The smallest absolute Gasteiger partial charge is 0.0469 e. The summed E-state index contributed by atoms with van der Waals surface area (Å²) in [7, 11) is 0. The molecule has 1 aliphatic carbocycles. The summed E-state index contributed by atoms with van der Waals surface area (Å²) in [4.78, 5) is 0. The molecule has 0 aromatic rings. The Morgan fingerprint density at radius 3 is 2.33 bits per heavy atom. The van der Waals surface area contributed by atoms with E-state index < -0.39 is 0 Å². The first-order valence-corrected chi connectivity index (χ1v) is 4.67. The highest BCUT2D eigenvalue weighted by molar-refractivity contribution is 9.09. The fourth-order valence-corrected chi connectivity index (χ4v) is 1.97. The quantitative estimate of drug-likeness (QED) is 0.677. The summed E-state index contributed by atoms with van der Waals surface area (Å²) in [6.45, 7) is 0.357. The van der Waals surface area contributed by atoms with Crippen LogP contribution in [-0.4, -0.2) is 17.0 Å². The van der Waals surface area contributed by atoms with Crippen molar-refractivity contribution in [3.8, 4) is 0 Å². The van der Waals surface area contributed by atoms with E-state index in [-0.39, 0.29) is 0 Å². The van der Waals surface area contributed by atoms with E-state index in [1.54, 1.807) is 0 Å². The van der Waals surface area contributed by atoms with E-state index in [0.29, 0.717) is 12.5 Å². The number of rotatable bonds is 3. The van der Waals surface area contributed by atoms with Crippen molar-refractivity contribution in [1.29, 1.82) is 0 Å². The van der Waals surface area contributed by atoms with Gasteiger partial charge in [0.15, 0.2) is 0 Å². The Balaban J connectivity index is 2.19. The average molecular weight is 193 g/mol. The third kappa shape index (κ3) is 1.68. The minimum absolute atomic E-state index is 0.357. The summed E-state index contributed by atoms with van der Waals surface area (Å²) >= 11 is 3.39. The van der Waals surface area contributed by atoms with Crippen molar-refractivity contribution < 1.29 is 5.11 Å². The second kappa shape index (κ2) is 3.57. The van der Waals surface area contributed by atoms with Crippen molar-refractivity contribution in [2.45, 2.75) is 19.3 Å². The molecule has 0 heterocycles. The maximum atomic E-state index is 8.83. The van der Waals surface area contributed by atoms with E-state index in [0.717, 1.165) is 11.2 Å². The van der Waals surface area contributed by atoms with Crippen molar-refractivity contribution >= 4 is 15.9 Å². The molecule has 0 bridgehead atoms. The molecule has 1 saturated carbocycles. The summed E-state index contributed by atoms with van der Waals surface area (Å²) in [5.41, 5.74) is 0. The van der Waals surface area contributed by atoms with Gasteiger partial charge in [0.05, 0.1) is 0 Å². The molecule has 1 aliphatic rings. The summed E-state index contributed by atoms with van der Waals surface area (Å²) < 4.78 is 0. The van der Waals surface area contributed by atoms with Gasteiger partial charge in [0.2, 0.25) is 0 Å². The molecular weight excluding hydrogens is 180 g/mol. The lowest BCUT2D eigenvalue weighted by Crippen LogP contribution is -2.25. The summed E-state index contributed by atoms with van der Waals surface area (Å²) in [5, 5.41) is 9.80. The van der Waals surface area contributed by atoms with Crippen LogP contribution in [0.2, 0.25) is 0 Å². The predicted octanol–water partition coefficient (Wildman–Crippen LogP) is 1.79. The zero-order chi connectivity index (χ0) is 6.69. The third-order valence-electron chi connectivity index (χ3n) is 2.25. The highest BCUT2D eigenvalue weighted by Crippen LogP contribution is 2.33. The van der Waals surface area contributed by atoms with Crippen molar-refractivity contribution in [2.24, 2.45) is 11.8 Å². The Morgan fingerprint density at radius 1 is 1.56 bits per heavy atom. The van der Waals surface area contributed by atoms with E-state index in [2.05, 4.69) is 15.9 Å². The Hall–Kier alpha value is 0.440. The van der Waals surface area contributed by atoms with Crippen LogP contribution in [-0.2, 0) is 0 Å². The Kier molecular flexibility index (Phi) is 2.99. The van der Waals surface area contributed by atoms with Crippen molar-refractivity contribution in [2.75, 3.05) is 11.9 Å². The van der Waals surface area contributed by atoms with Gasteiger partial charge < -0.3 is 5.11 Å². The molecule has 1 unspecified atom stereocenters. The second-order valence-electron chi connectivity index (χ2n) is 2.79. The second-order valence-corrected chi connectivity index (χ2v) is 3.44. The van der Waals surface area contributed by atoms with Crippen LogP contribution in [0.25, 0.3) is 0 Å². The van der Waals surface area contributed by atoms with Crippen LogP contribution >= 0.6 is 15.9 Å². The Morgan fingerprint density at radius 2 is 2.22 bits per heavy atom. The van der Waals surface area contributed by atoms with Gasteiger partial charge in [0.1, 0.15) is 0 Å². The van der Waals surface area contributed by atoms with Gasteiger partial charge in [-0.2, -0.15) is 0 Å². The van der Waals surface area contributed by atoms with Gasteiger partial charge >= 0.3 is 0 Å². The molecule has 1 rings (SSSR count). The number of aliphatic hydroxyl groups is 1. The number of aliphatic hydroxyl groups excluding tert-OH is 1. The summed E-state index contributed by atoms with van der Waals surface area (Å²) in [6.07, 6.45) is 4.03. The van der Waals surface area contributed by atoms with Gasteiger partial charge in [0.25, 0.3) is 0 Å². The molecule has 0 aliphatic heterocycles. The number of hydrogen-bond acceptors (Lipinski definition) is 1. The van der Waals surface area contributed by atoms with Gasteiger partial charge in [-0.15, -0.1) is 0 Å². The minimum atomic E-state index is 0.357. The average Bonchev–Trinajstić information content (AvgIpc) is 1.78. The van der Waals surface area contributed by atoms with Crippen LogP contribution in [0.3, 0.4) is 0 Å². The lowest BCUT2D eigenvalue weighted by Gasteiger charge is -2.31. The van der Waals surface area contributed by atoms with E-state index in [1.807, 2.05) is 0 Å². The van der Waals surface area contributed by atoms with Crippen molar-refractivity contribution in [3.05, 3.63) is 0 Å². The molecule has 2 heteroatoms. The fourth-order valence-electron chi connectivity index (χ4n) is 1.24. The lowest BCUT2D eigenvalue weighted by atomic mass is 9.77. The van der Waals surface area contributed by atoms with Gasteiger partial charge in [-0.3, -0.25) is 0 Å². The minimum Gasteiger partial charge on any atom is -0.396 e. The zero-order valence-electron chi connectivity index (χ0n) is 5.52. The maximum absolute atomic E-state index is 8.83. The molecule has 1 fully saturated rings. The number of hydrogen-bond donors (Lipinski definition) is 1. The Labute approximate surface area is 64.6 Å². The fraction of sp³-hybridized carbons (Fsp3) is 1.00. The molecule has 9 heavy (non-hydrogen) atoms. The monoisotopic (exact) mass is 192 g/mol. The van der Waals surface area contributed by atoms with Gasteiger partial charge in [-0.05, 0) is 11.8 Å². The molecule has 0 amide bonds. The van der Waals surface area contributed by atoms with E-state index >= 15 is 0 Å². The highest BCUT2D eigenvalue weighted by Gasteiger charge is 2.25. The van der Waals surface area contributed by atoms with Crippen LogP contribution < -0.4 is 0 Å². The predicted molar refractivity (Wildman–Crippen MR) is 41.7 cm³/mol. The molecule has 0 spiro atoms. The highest BCUT2D eigenvalue weighted by atomic mass is 79.9. The van der Waals surface area contributed by atoms with Gasteiger partial charge in [-0.25, -0.2) is 0 Å². The first-order chi connectivity index (χ1) is 4.38. The van der Waals surface area contributed by atoms with Crippen LogP contribution in [0, 0.1) is 11.8 Å². The molecule has 1 nitrogen and oxygen atoms in total. The Bertz CT molecular complexity index is 77.0. The van der Waals surface area contributed by atoms with E-state index in [1.165, 1.54) is 19.3 Å². The summed E-state index contributed by atoms with van der Waals surface area (Å²) in [5.74, 6) is 1.34. The summed E-state index contributed by atoms with van der Waals surface area (Å²) in [6, 6.07) is 0. The zero-order valence-corrected chi connectivity index (χ0v) is 7.10. The molecule has 1 N–H and O–H groups in total. The van der Waals surface area contributed by atoms with E-state index in [4.69, 9.17) is 5.11 Å². The van der Waals surface area contributed by atoms with Crippen molar-refractivity contribution in [3.63, 3.8) is 0 Å². The number of halogens is 1. The number of alkyl halides is 1.